The van der Waals surface area contributed by atoms with E-state index in [1.807, 2.05) is 18.7 Å². The minimum atomic E-state index is -0.185. The third-order valence-electron chi connectivity index (χ3n) is 3.38. The lowest BCUT2D eigenvalue weighted by atomic mass is 9.97. The van der Waals surface area contributed by atoms with Crippen LogP contribution < -0.4 is 5.32 Å². The van der Waals surface area contributed by atoms with Crippen molar-refractivity contribution in [3.8, 4) is 0 Å². The van der Waals surface area contributed by atoms with Gasteiger partial charge < -0.3 is 15.0 Å². The van der Waals surface area contributed by atoms with Crippen LogP contribution in [0.3, 0.4) is 0 Å². The van der Waals surface area contributed by atoms with Gasteiger partial charge in [0.15, 0.2) is 0 Å². The standard InChI is InChI=1S/C12H22N2O2/c1-12(2)9-14(6-7-16-12)11(15)10-4-3-5-13-8-10/h10,13H,3-9H2,1-2H3/t10-/m1/s1. The van der Waals surface area contributed by atoms with E-state index in [1.165, 1.54) is 0 Å². The molecule has 0 unspecified atom stereocenters. The molecule has 0 saturated carbocycles. The van der Waals surface area contributed by atoms with E-state index in [2.05, 4.69) is 5.32 Å². The van der Waals surface area contributed by atoms with Crippen LogP contribution in [0.25, 0.3) is 0 Å². The Morgan fingerprint density at radius 1 is 1.50 bits per heavy atom. The number of piperidine rings is 1. The minimum absolute atomic E-state index is 0.183. The van der Waals surface area contributed by atoms with Crippen molar-refractivity contribution in [2.45, 2.75) is 32.3 Å². The molecule has 0 bridgehead atoms. The summed E-state index contributed by atoms with van der Waals surface area (Å²) in [7, 11) is 0. The fourth-order valence-corrected chi connectivity index (χ4v) is 2.53. The smallest absolute Gasteiger partial charge is 0.227 e. The van der Waals surface area contributed by atoms with Crippen LogP contribution in [0.2, 0.25) is 0 Å². The summed E-state index contributed by atoms with van der Waals surface area (Å²) < 4.78 is 5.62. The van der Waals surface area contributed by atoms with Crippen LogP contribution >= 0.6 is 0 Å². The van der Waals surface area contributed by atoms with Gasteiger partial charge in [-0.15, -0.1) is 0 Å². The van der Waals surface area contributed by atoms with Crippen molar-refractivity contribution in [2.24, 2.45) is 5.92 Å². The summed E-state index contributed by atoms with van der Waals surface area (Å²) >= 11 is 0. The molecule has 2 aliphatic heterocycles. The lowest BCUT2D eigenvalue weighted by Crippen LogP contribution is -2.53. The summed E-state index contributed by atoms with van der Waals surface area (Å²) in [6.45, 7) is 8.13. The third kappa shape index (κ3) is 2.74. The Labute approximate surface area is 97.3 Å². The van der Waals surface area contributed by atoms with Crippen LogP contribution in [0.5, 0.6) is 0 Å². The molecule has 1 atom stereocenters. The molecule has 1 N–H and O–H groups in total. The highest BCUT2D eigenvalue weighted by Crippen LogP contribution is 2.20. The van der Waals surface area contributed by atoms with Gasteiger partial charge in [-0.25, -0.2) is 0 Å². The van der Waals surface area contributed by atoms with E-state index in [1.54, 1.807) is 0 Å². The molecule has 0 radical (unpaired) electrons. The summed E-state index contributed by atoms with van der Waals surface area (Å²) in [4.78, 5) is 14.2. The number of carbonyl (C=O) groups is 1. The van der Waals surface area contributed by atoms with Crippen LogP contribution in [-0.4, -0.2) is 49.2 Å². The van der Waals surface area contributed by atoms with Crippen molar-refractivity contribution in [3.05, 3.63) is 0 Å². The minimum Gasteiger partial charge on any atom is -0.372 e. The molecule has 2 aliphatic rings. The molecule has 0 aromatic heterocycles. The summed E-state index contributed by atoms with van der Waals surface area (Å²) in [5, 5.41) is 3.30. The lowest BCUT2D eigenvalue weighted by molar-refractivity contribution is -0.150. The van der Waals surface area contributed by atoms with Gasteiger partial charge in [-0.3, -0.25) is 4.79 Å². The van der Waals surface area contributed by atoms with Crippen LogP contribution in [0.4, 0.5) is 0 Å². The molecule has 92 valence electrons. The molecule has 2 saturated heterocycles. The third-order valence-corrected chi connectivity index (χ3v) is 3.38. The van der Waals surface area contributed by atoms with Crippen LogP contribution in [-0.2, 0) is 9.53 Å². The molecule has 2 heterocycles. The number of ether oxygens (including phenoxy) is 1. The maximum Gasteiger partial charge on any atom is 0.227 e. The fraction of sp³-hybridized carbons (Fsp3) is 0.917. The molecule has 0 aromatic carbocycles. The van der Waals surface area contributed by atoms with Crippen molar-refractivity contribution in [1.82, 2.24) is 10.2 Å². The average molecular weight is 226 g/mol. The largest absolute Gasteiger partial charge is 0.372 e. The van der Waals surface area contributed by atoms with Gasteiger partial charge in [0.2, 0.25) is 5.91 Å². The normalized spacial score (nSPS) is 30.1. The van der Waals surface area contributed by atoms with E-state index < -0.39 is 0 Å². The van der Waals surface area contributed by atoms with E-state index in [0.717, 1.165) is 39.0 Å². The van der Waals surface area contributed by atoms with Crippen molar-refractivity contribution in [2.75, 3.05) is 32.8 Å². The van der Waals surface area contributed by atoms with Crippen molar-refractivity contribution in [1.29, 1.82) is 0 Å². The van der Waals surface area contributed by atoms with E-state index in [4.69, 9.17) is 4.74 Å². The monoisotopic (exact) mass is 226 g/mol. The highest BCUT2D eigenvalue weighted by molar-refractivity contribution is 5.79. The Bertz CT molecular complexity index is 260. The van der Waals surface area contributed by atoms with Gasteiger partial charge in [-0.2, -0.15) is 0 Å². The fourth-order valence-electron chi connectivity index (χ4n) is 2.53. The first kappa shape index (κ1) is 11.9. The zero-order chi connectivity index (χ0) is 11.6. The molecule has 4 heteroatoms. The quantitative estimate of drug-likeness (QED) is 0.713. The van der Waals surface area contributed by atoms with Gasteiger partial charge in [-0.1, -0.05) is 0 Å². The number of nitrogens with one attached hydrogen (secondary N) is 1. The molecular weight excluding hydrogens is 204 g/mol. The summed E-state index contributed by atoms with van der Waals surface area (Å²) in [6, 6.07) is 0. The first-order valence-electron chi connectivity index (χ1n) is 6.22. The molecule has 1 amide bonds. The van der Waals surface area contributed by atoms with Gasteiger partial charge in [-0.05, 0) is 33.2 Å². The lowest BCUT2D eigenvalue weighted by Gasteiger charge is -2.40. The second-order valence-electron chi connectivity index (χ2n) is 5.41. The number of morpholine rings is 1. The number of rotatable bonds is 1. The van der Waals surface area contributed by atoms with Gasteiger partial charge in [0.1, 0.15) is 0 Å². The topological polar surface area (TPSA) is 41.6 Å². The number of hydrogen-bond acceptors (Lipinski definition) is 3. The Morgan fingerprint density at radius 2 is 2.31 bits per heavy atom. The van der Waals surface area contributed by atoms with E-state index in [-0.39, 0.29) is 11.5 Å². The van der Waals surface area contributed by atoms with Crippen LogP contribution in [0, 0.1) is 5.92 Å². The first-order valence-corrected chi connectivity index (χ1v) is 6.22. The highest BCUT2D eigenvalue weighted by atomic mass is 16.5. The molecule has 2 rings (SSSR count). The summed E-state index contributed by atoms with van der Waals surface area (Å²) in [5.41, 5.74) is -0.185. The number of carbonyl (C=O) groups excluding carboxylic acids is 1. The summed E-state index contributed by atoms with van der Waals surface area (Å²) in [5.74, 6) is 0.492. The molecule has 0 aromatic rings. The van der Waals surface area contributed by atoms with E-state index >= 15 is 0 Å². The predicted molar refractivity (Wildman–Crippen MR) is 62.2 cm³/mol. The molecular formula is C12H22N2O2. The molecule has 4 nitrogen and oxygen atoms in total. The van der Waals surface area contributed by atoms with E-state index in [9.17, 15) is 4.79 Å². The SMILES string of the molecule is CC1(C)CN(C(=O)[C@@H]2CCCNC2)CCO1. The predicted octanol–water partition coefficient (Wildman–Crippen LogP) is 0.623. The van der Waals surface area contributed by atoms with Gasteiger partial charge in [0, 0.05) is 19.6 Å². The van der Waals surface area contributed by atoms with Crippen molar-refractivity contribution in [3.63, 3.8) is 0 Å². The number of nitrogens with zero attached hydrogens (tertiary/aromatic N) is 1. The Hall–Kier alpha value is -0.610. The maximum atomic E-state index is 12.3. The van der Waals surface area contributed by atoms with Crippen molar-refractivity contribution >= 4 is 5.91 Å². The Kier molecular flexibility index (Phi) is 3.50. The van der Waals surface area contributed by atoms with Crippen LogP contribution in [0.1, 0.15) is 26.7 Å². The summed E-state index contributed by atoms with van der Waals surface area (Å²) in [6.07, 6.45) is 2.15. The number of amides is 1. The molecule has 0 spiro atoms. The maximum absolute atomic E-state index is 12.3. The van der Waals surface area contributed by atoms with Crippen molar-refractivity contribution < 1.29 is 9.53 Å². The zero-order valence-corrected chi connectivity index (χ0v) is 10.3. The number of hydrogen-bond donors (Lipinski definition) is 1. The molecule has 0 aliphatic carbocycles. The Balaban J connectivity index is 1.93. The van der Waals surface area contributed by atoms with Crippen LogP contribution in [0.15, 0.2) is 0 Å². The Morgan fingerprint density at radius 3 is 2.94 bits per heavy atom. The second kappa shape index (κ2) is 4.72. The first-order chi connectivity index (χ1) is 7.58. The zero-order valence-electron chi connectivity index (χ0n) is 10.3. The molecule has 2 fully saturated rings. The van der Waals surface area contributed by atoms with Gasteiger partial charge >= 0.3 is 0 Å². The van der Waals surface area contributed by atoms with E-state index in [0.29, 0.717) is 12.5 Å². The second-order valence-corrected chi connectivity index (χ2v) is 5.41. The average Bonchev–Trinajstić information content (AvgIpc) is 2.28. The molecule has 16 heavy (non-hydrogen) atoms. The highest BCUT2D eigenvalue weighted by Gasteiger charge is 2.33. The van der Waals surface area contributed by atoms with Gasteiger partial charge in [0.25, 0.3) is 0 Å². The van der Waals surface area contributed by atoms with Gasteiger partial charge in [0.05, 0.1) is 18.1 Å².